The van der Waals surface area contributed by atoms with Gasteiger partial charge < -0.3 is 10.0 Å². The van der Waals surface area contributed by atoms with E-state index in [1.165, 1.54) is 0 Å². The highest BCUT2D eigenvalue weighted by Crippen LogP contribution is 2.21. The molecule has 0 bridgehead atoms. The van der Waals surface area contributed by atoms with Crippen LogP contribution in [0.4, 0.5) is 5.69 Å². The number of benzene rings is 1. The number of hydrogen-bond donors (Lipinski definition) is 1. The van der Waals surface area contributed by atoms with Gasteiger partial charge in [-0.15, -0.1) is 0 Å². The normalized spacial score (nSPS) is 11.9. The van der Waals surface area contributed by atoms with Crippen LogP contribution >= 0.6 is 11.6 Å². The molecule has 0 fully saturated rings. The van der Waals surface area contributed by atoms with E-state index in [1.807, 2.05) is 30.0 Å². The summed E-state index contributed by atoms with van der Waals surface area (Å²) in [7, 11) is 0. The van der Waals surface area contributed by atoms with Crippen molar-refractivity contribution in [2.45, 2.75) is 13.8 Å². The smallest absolute Gasteiger partial charge is 0.308 e. The molecule has 98 valence electrons. The van der Waals surface area contributed by atoms with Gasteiger partial charge in [-0.25, -0.2) is 0 Å². The number of carboxylic acid groups (broad SMARTS) is 1. The van der Waals surface area contributed by atoms with E-state index in [2.05, 4.69) is 6.58 Å². The van der Waals surface area contributed by atoms with Crippen LogP contribution in [0.1, 0.15) is 13.8 Å². The number of rotatable bonds is 6. The number of nitrogens with zero attached hydrogens (tertiary/aromatic N) is 1. The number of aliphatic carboxylic acids is 1. The van der Waals surface area contributed by atoms with Crippen LogP contribution in [-0.2, 0) is 4.79 Å². The summed E-state index contributed by atoms with van der Waals surface area (Å²) in [6.07, 6.45) is 0. The van der Waals surface area contributed by atoms with Crippen molar-refractivity contribution in [3.63, 3.8) is 0 Å². The lowest BCUT2D eigenvalue weighted by molar-refractivity contribution is -0.140. The van der Waals surface area contributed by atoms with E-state index in [4.69, 9.17) is 16.7 Å². The Kier molecular flexibility index (Phi) is 5.23. The van der Waals surface area contributed by atoms with Gasteiger partial charge in [0.25, 0.3) is 0 Å². The highest BCUT2D eigenvalue weighted by molar-refractivity contribution is 6.30. The Hall–Kier alpha value is -1.48. The SMILES string of the molecule is C=C(C)CN(CC(C)C(=O)O)c1cccc(Cl)c1. The first-order valence-electron chi connectivity index (χ1n) is 5.78. The van der Waals surface area contributed by atoms with Crippen molar-refractivity contribution < 1.29 is 9.90 Å². The zero-order valence-corrected chi connectivity index (χ0v) is 11.4. The highest BCUT2D eigenvalue weighted by atomic mass is 35.5. The molecule has 3 nitrogen and oxygen atoms in total. The van der Waals surface area contributed by atoms with Gasteiger partial charge in [0.1, 0.15) is 0 Å². The molecule has 1 aromatic carbocycles. The molecule has 18 heavy (non-hydrogen) atoms. The molecular formula is C14H18ClNO2. The maximum atomic E-state index is 10.9. The Morgan fingerprint density at radius 1 is 1.56 bits per heavy atom. The molecule has 0 saturated carbocycles. The fourth-order valence-corrected chi connectivity index (χ4v) is 1.85. The van der Waals surface area contributed by atoms with Crippen LogP contribution in [0, 0.1) is 5.92 Å². The fourth-order valence-electron chi connectivity index (χ4n) is 1.67. The van der Waals surface area contributed by atoms with Crippen molar-refractivity contribution in [3.05, 3.63) is 41.4 Å². The van der Waals surface area contributed by atoms with Gasteiger partial charge in [0.2, 0.25) is 0 Å². The van der Waals surface area contributed by atoms with Crippen molar-refractivity contribution in [2.24, 2.45) is 5.92 Å². The second kappa shape index (κ2) is 6.45. The van der Waals surface area contributed by atoms with E-state index in [1.54, 1.807) is 13.0 Å². The van der Waals surface area contributed by atoms with Crippen molar-refractivity contribution in [3.8, 4) is 0 Å². The molecular weight excluding hydrogens is 250 g/mol. The van der Waals surface area contributed by atoms with Crippen LogP contribution in [-0.4, -0.2) is 24.2 Å². The predicted octanol–water partition coefficient (Wildman–Crippen LogP) is 3.44. The minimum Gasteiger partial charge on any atom is -0.481 e. The van der Waals surface area contributed by atoms with Crippen molar-refractivity contribution >= 4 is 23.3 Å². The van der Waals surface area contributed by atoms with Crippen molar-refractivity contribution in [1.29, 1.82) is 0 Å². The molecule has 0 saturated heterocycles. The number of carbonyl (C=O) groups is 1. The third kappa shape index (κ3) is 4.41. The van der Waals surface area contributed by atoms with Crippen LogP contribution in [0.15, 0.2) is 36.4 Å². The average molecular weight is 268 g/mol. The molecule has 1 rings (SSSR count). The minimum absolute atomic E-state index is 0.433. The number of carboxylic acids is 1. The zero-order valence-electron chi connectivity index (χ0n) is 10.7. The summed E-state index contributed by atoms with van der Waals surface area (Å²) in [6.45, 7) is 8.54. The van der Waals surface area contributed by atoms with Crippen molar-refractivity contribution in [2.75, 3.05) is 18.0 Å². The molecule has 0 aliphatic rings. The highest BCUT2D eigenvalue weighted by Gasteiger charge is 2.16. The first kappa shape index (κ1) is 14.6. The molecule has 1 atom stereocenters. The van der Waals surface area contributed by atoms with Gasteiger partial charge >= 0.3 is 5.97 Å². The molecule has 4 heteroatoms. The number of halogens is 1. The van der Waals surface area contributed by atoms with Gasteiger partial charge in [0, 0.05) is 23.8 Å². The van der Waals surface area contributed by atoms with Crippen LogP contribution in [0.3, 0.4) is 0 Å². The second-order valence-corrected chi connectivity index (χ2v) is 4.99. The average Bonchev–Trinajstić information content (AvgIpc) is 2.27. The van der Waals surface area contributed by atoms with Gasteiger partial charge in [-0.3, -0.25) is 4.79 Å². The Bertz CT molecular complexity index is 445. The molecule has 1 aromatic rings. The topological polar surface area (TPSA) is 40.5 Å². The summed E-state index contributed by atoms with van der Waals surface area (Å²) in [5.41, 5.74) is 1.89. The monoisotopic (exact) mass is 267 g/mol. The maximum Gasteiger partial charge on any atom is 0.308 e. The summed E-state index contributed by atoms with van der Waals surface area (Å²) in [4.78, 5) is 12.9. The van der Waals surface area contributed by atoms with E-state index in [-0.39, 0.29) is 0 Å². The Morgan fingerprint density at radius 2 is 2.22 bits per heavy atom. The molecule has 0 heterocycles. The van der Waals surface area contributed by atoms with Gasteiger partial charge in [0.15, 0.2) is 0 Å². The standard InChI is InChI=1S/C14H18ClNO2/c1-10(2)8-16(9-11(3)14(17)18)13-6-4-5-12(15)7-13/h4-7,11H,1,8-9H2,2-3H3,(H,17,18). The van der Waals surface area contributed by atoms with E-state index in [0.29, 0.717) is 18.1 Å². The van der Waals surface area contributed by atoms with E-state index in [9.17, 15) is 4.79 Å². The van der Waals surface area contributed by atoms with Gasteiger partial charge in [-0.05, 0) is 25.1 Å². The Morgan fingerprint density at radius 3 is 2.72 bits per heavy atom. The van der Waals surface area contributed by atoms with Gasteiger partial charge in [-0.2, -0.15) is 0 Å². The van der Waals surface area contributed by atoms with E-state index >= 15 is 0 Å². The van der Waals surface area contributed by atoms with E-state index < -0.39 is 11.9 Å². The summed E-state index contributed by atoms with van der Waals surface area (Å²) in [6, 6.07) is 7.40. The van der Waals surface area contributed by atoms with Gasteiger partial charge in [-0.1, -0.05) is 36.7 Å². The molecule has 0 aliphatic heterocycles. The molecule has 1 N–H and O–H groups in total. The molecule has 0 amide bonds. The predicted molar refractivity (Wildman–Crippen MR) is 75.3 cm³/mol. The van der Waals surface area contributed by atoms with Crippen molar-refractivity contribution in [1.82, 2.24) is 0 Å². The first-order chi connectivity index (χ1) is 8.40. The second-order valence-electron chi connectivity index (χ2n) is 4.56. The van der Waals surface area contributed by atoms with Crippen LogP contribution in [0.2, 0.25) is 5.02 Å². The summed E-state index contributed by atoms with van der Waals surface area (Å²) in [5.74, 6) is -1.24. The third-order valence-corrected chi connectivity index (χ3v) is 2.79. The van der Waals surface area contributed by atoms with Crippen LogP contribution in [0.25, 0.3) is 0 Å². The largest absolute Gasteiger partial charge is 0.481 e. The molecule has 0 aromatic heterocycles. The molecule has 0 aliphatic carbocycles. The fraction of sp³-hybridized carbons (Fsp3) is 0.357. The molecule has 0 spiro atoms. The zero-order chi connectivity index (χ0) is 13.7. The number of hydrogen-bond acceptors (Lipinski definition) is 2. The van der Waals surface area contributed by atoms with Crippen LogP contribution < -0.4 is 4.90 Å². The maximum absolute atomic E-state index is 10.9. The summed E-state index contributed by atoms with van der Waals surface area (Å²) >= 11 is 5.96. The Balaban J connectivity index is 2.90. The molecule has 0 radical (unpaired) electrons. The summed E-state index contributed by atoms with van der Waals surface area (Å²) < 4.78 is 0. The lowest BCUT2D eigenvalue weighted by atomic mass is 10.1. The Labute approximate surface area is 113 Å². The van der Waals surface area contributed by atoms with Crippen LogP contribution in [0.5, 0.6) is 0 Å². The molecule has 1 unspecified atom stereocenters. The minimum atomic E-state index is -0.802. The first-order valence-corrected chi connectivity index (χ1v) is 6.15. The van der Waals surface area contributed by atoms with E-state index in [0.717, 1.165) is 11.3 Å². The lowest BCUT2D eigenvalue weighted by Gasteiger charge is -2.27. The van der Waals surface area contributed by atoms with Gasteiger partial charge in [0.05, 0.1) is 5.92 Å². The quantitative estimate of drug-likeness (QED) is 0.803. The third-order valence-electron chi connectivity index (χ3n) is 2.55. The summed E-state index contributed by atoms with van der Waals surface area (Å²) in [5, 5.41) is 9.63. The lowest BCUT2D eigenvalue weighted by Crippen LogP contribution is -2.33. The number of anilines is 1.